The predicted octanol–water partition coefficient (Wildman–Crippen LogP) is 4.25. The Balaban J connectivity index is 2.19. The smallest absolute Gasteiger partial charge is 0.191 e. The fraction of sp³-hybridized carbons (Fsp3) is 0.294. The van der Waals surface area contributed by atoms with Crippen molar-refractivity contribution in [1.82, 2.24) is 0 Å². The van der Waals surface area contributed by atoms with Crippen molar-refractivity contribution in [3.63, 3.8) is 0 Å². The molecule has 0 unspecified atom stereocenters. The van der Waals surface area contributed by atoms with Crippen LogP contribution in [0.1, 0.15) is 24.5 Å². The molecule has 0 aromatic heterocycles. The van der Waals surface area contributed by atoms with Gasteiger partial charge in [-0.05, 0) is 43.4 Å². The second-order valence-corrected chi connectivity index (χ2v) is 7.35. The molecule has 4 heteroatoms. The summed E-state index contributed by atoms with van der Waals surface area (Å²) in [6, 6.07) is 7.93. The molecule has 0 bridgehead atoms. The van der Waals surface area contributed by atoms with Crippen LogP contribution in [0.15, 0.2) is 40.2 Å². The van der Waals surface area contributed by atoms with Crippen LogP contribution in [0.2, 0.25) is 0 Å². The van der Waals surface area contributed by atoms with E-state index in [1.165, 1.54) is 18.6 Å². The van der Waals surface area contributed by atoms with E-state index in [2.05, 4.69) is 0 Å². The van der Waals surface area contributed by atoms with Crippen LogP contribution in [0.3, 0.4) is 0 Å². The fourth-order valence-corrected chi connectivity index (χ4v) is 4.67. The van der Waals surface area contributed by atoms with Gasteiger partial charge in [-0.2, -0.15) is 0 Å². The number of allylic oxidation sites excluding steroid dienone is 2. The molecule has 2 rings (SSSR count). The minimum Gasteiger partial charge on any atom is -0.294 e. The summed E-state index contributed by atoms with van der Waals surface area (Å²) in [6.07, 6.45) is 4.39. The van der Waals surface area contributed by atoms with Gasteiger partial charge in [-0.3, -0.25) is 9.59 Å². The quantitative estimate of drug-likeness (QED) is 0.472. The molecule has 1 fully saturated rings. The van der Waals surface area contributed by atoms with E-state index < -0.39 is 0 Å². The number of Topliss-reactive ketones (excluding diaryl/α,β-unsaturated/α-hetero) is 1. The molecule has 1 saturated heterocycles. The van der Waals surface area contributed by atoms with Crippen LogP contribution in [0.4, 0.5) is 0 Å². The van der Waals surface area contributed by atoms with Crippen LogP contribution in [-0.2, 0) is 9.59 Å². The van der Waals surface area contributed by atoms with Gasteiger partial charge >= 0.3 is 0 Å². The van der Waals surface area contributed by atoms with Crippen LogP contribution in [0, 0.1) is 6.92 Å². The lowest BCUT2D eigenvalue weighted by molar-refractivity contribution is -0.118. The molecule has 1 aliphatic heterocycles. The highest BCUT2D eigenvalue weighted by Gasteiger charge is 2.20. The van der Waals surface area contributed by atoms with Gasteiger partial charge in [0.1, 0.15) is 0 Å². The molecular weight excluding hydrogens is 300 g/mol. The Morgan fingerprint density at radius 1 is 1.10 bits per heavy atom. The zero-order valence-corrected chi connectivity index (χ0v) is 13.9. The number of carbonyl (C=O) groups excluding carboxylic acids is 2. The number of hydrogen-bond acceptors (Lipinski definition) is 4. The molecular formula is C17H18O2S2. The zero-order valence-electron chi connectivity index (χ0n) is 12.2. The molecule has 1 aromatic carbocycles. The van der Waals surface area contributed by atoms with Crippen molar-refractivity contribution in [3.05, 3.63) is 51.3 Å². The van der Waals surface area contributed by atoms with Crippen LogP contribution < -0.4 is 0 Å². The number of aryl methyl sites for hydroxylation is 1. The standard InChI is InChI=1S/C17H18O2S2/c1-12-4-6-14(7-5-12)8-9-15(19)16(13(2)18)17-20-10-3-11-21-17/h4-9H,3,10-11H2,1-2H3/b9-8+. The summed E-state index contributed by atoms with van der Waals surface area (Å²) in [5.41, 5.74) is 2.49. The lowest BCUT2D eigenvalue weighted by atomic mass is 10.1. The van der Waals surface area contributed by atoms with Crippen LogP contribution >= 0.6 is 23.5 Å². The highest BCUT2D eigenvalue weighted by atomic mass is 32.2. The average Bonchev–Trinajstić information content (AvgIpc) is 2.47. The van der Waals surface area contributed by atoms with Gasteiger partial charge in [0.2, 0.25) is 0 Å². The first-order chi connectivity index (χ1) is 10.1. The van der Waals surface area contributed by atoms with E-state index in [0.717, 1.165) is 27.7 Å². The van der Waals surface area contributed by atoms with Gasteiger partial charge in [-0.25, -0.2) is 0 Å². The van der Waals surface area contributed by atoms with Crippen LogP contribution in [-0.4, -0.2) is 23.1 Å². The topological polar surface area (TPSA) is 34.1 Å². The minimum atomic E-state index is -0.194. The molecule has 1 aromatic rings. The third-order valence-electron chi connectivity index (χ3n) is 3.06. The van der Waals surface area contributed by atoms with Gasteiger partial charge in [0.05, 0.1) is 9.81 Å². The number of rotatable bonds is 4. The molecule has 0 radical (unpaired) electrons. The first-order valence-corrected chi connectivity index (χ1v) is 8.85. The van der Waals surface area contributed by atoms with Crippen LogP contribution in [0.5, 0.6) is 0 Å². The van der Waals surface area contributed by atoms with Crippen molar-refractivity contribution < 1.29 is 9.59 Å². The number of benzene rings is 1. The van der Waals surface area contributed by atoms with Gasteiger partial charge in [-0.1, -0.05) is 35.9 Å². The Morgan fingerprint density at radius 2 is 1.71 bits per heavy atom. The summed E-state index contributed by atoms with van der Waals surface area (Å²) in [5, 5.41) is 0. The van der Waals surface area contributed by atoms with Crippen molar-refractivity contribution >= 4 is 41.2 Å². The second-order valence-electron chi connectivity index (χ2n) is 4.88. The monoisotopic (exact) mass is 318 g/mol. The second kappa shape index (κ2) is 7.66. The molecule has 21 heavy (non-hydrogen) atoms. The van der Waals surface area contributed by atoms with E-state index in [0.29, 0.717) is 5.57 Å². The third kappa shape index (κ3) is 4.61. The molecule has 110 valence electrons. The van der Waals surface area contributed by atoms with Gasteiger partial charge < -0.3 is 0 Å². The first-order valence-electron chi connectivity index (χ1n) is 6.88. The van der Waals surface area contributed by atoms with E-state index in [9.17, 15) is 9.59 Å². The fourth-order valence-electron chi connectivity index (χ4n) is 1.93. The summed E-state index contributed by atoms with van der Waals surface area (Å²) in [6.45, 7) is 3.49. The van der Waals surface area contributed by atoms with Crippen molar-refractivity contribution in [3.8, 4) is 0 Å². The summed E-state index contributed by atoms with van der Waals surface area (Å²) in [5.74, 6) is 1.62. The van der Waals surface area contributed by atoms with E-state index in [1.54, 1.807) is 29.6 Å². The number of ketones is 2. The maximum absolute atomic E-state index is 12.3. The highest BCUT2D eigenvalue weighted by Crippen LogP contribution is 2.37. The number of carbonyl (C=O) groups is 2. The summed E-state index contributed by atoms with van der Waals surface area (Å²) in [4.78, 5) is 24.1. The van der Waals surface area contributed by atoms with Gasteiger partial charge in [0, 0.05) is 0 Å². The molecule has 0 N–H and O–H groups in total. The summed E-state index contributed by atoms with van der Waals surface area (Å²) in [7, 11) is 0. The largest absolute Gasteiger partial charge is 0.294 e. The predicted molar refractivity (Wildman–Crippen MR) is 92.5 cm³/mol. The lowest BCUT2D eigenvalue weighted by Crippen LogP contribution is -2.11. The molecule has 1 heterocycles. The third-order valence-corrected chi connectivity index (χ3v) is 5.69. The SMILES string of the molecule is CC(=O)C(C(=O)/C=C/c1ccc(C)cc1)=C1SCCCS1. The Hall–Kier alpha value is -1.26. The van der Waals surface area contributed by atoms with Gasteiger partial charge in [0.15, 0.2) is 11.6 Å². The Morgan fingerprint density at radius 3 is 2.29 bits per heavy atom. The van der Waals surface area contributed by atoms with Crippen LogP contribution in [0.25, 0.3) is 6.08 Å². The summed E-state index contributed by atoms with van der Waals surface area (Å²) < 4.78 is 0.882. The maximum atomic E-state index is 12.3. The van der Waals surface area contributed by atoms with E-state index in [4.69, 9.17) is 0 Å². The zero-order chi connectivity index (χ0) is 15.2. The molecule has 0 spiro atoms. The molecule has 0 amide bonds. The number of hydrogen-bond donors (Lipinski definition) is 0. The number of thioether (sulfide) groups is 2. The molecule has 0 saturated carbocycles. The van der Waals surface area contributed by atoms with E-state index in [1.807, 2.05) is 31.2 Å². The van der Waals surface area contributed by atoms with Gasteiger partial charge in [0.25, 0.3) is 0 Å². The molecule has 2 nitrogen and oxygen atoms in total. The van der Waals surface area contributed by atoms with Crippen molar-refractivity contribution in [2.24, 2.45) is 0 Å². The van der Waals surface area contributed by atoms with Crippen molar-refractivity contribution in [1.29, 1.82) is 0 Å². The Labute approximate surface area is 134 Å². The summed E-state index contributed by atoms with van der Waals surface area (Å²) >= 11 is 3.24. The first kappa shape index (κ1) is 16.1. The Bertz CT molecular complexity index is 590. The molecule has 0 atom stereocenters. The minimum absolute atomic E-state index is 0.148. The lowest BCUT2D eigenvalue weighted by Gasteiger charge is -2.15. The van der Waals surface area contributed by atoms with Crippen molar-refractivity contribution in [2.75, 3.05) is 11.5 Å². The van der Waals surface area contributed by atoms with Gasteiger partial charge in [-0.15, -0.1) is 23.5 Å². The highest BCUT2D eigenvalue weighted by molar-refractivity contribution is 8.22. The van der Waals surface area contributed by atoms with E-state index >= 15 is 0 Å². The normalized spacial score (nSPS) is 15.2. The van der Waals surface area contributed by atoms with Crippen molar-refractivity contribution in [2.45, 2.75) is 20.3 Å². The van der Waals surface area contributed by atoms with E-state index in [-0.39, 0.29) is 11.6 Å². The molecule has 0 aliphatic carbocycles. The Kier molecular flexibility index (Phi) is 5.88. The average molecular weight is 318 g/mol. The molecule has 1 aliphatic rings. The maximum Gasteiger partial charge on any atom is 0.191 e.